The molecule has 1 unspecified atom stereocenters. The highest BCUT2D eigenvalue weighted by Crippen LogP contribution is 2.44. The van der Waals surface area contributed by atoms with Gasteiger partial charge in [0, 0.05) is 48.1 Å². The third kappa shape index (κ3) is 4.47. The number of H-pyrrole nitrogens is 1. The lowest BCUT2D eigenvalue weighted by Crippen LogP contribution is -2.27. The molecule has 7 heteroatoms. The Balaban J connectivity index is 1.71. The predicted molar refractivity (Wildman–Crippen MR) is 163 cm³/mol. The fraction of sp³-hybridized carbons (Fsp3) is 0.235. The molecular formula is C34H33N3O4. The normalized spacial score (nSPS) is 13.3. The molecule has 2 aromatic heterocycles. The van der Waals surface area contributed by atoms with Crippen LogP contribution in [0.5, 0.6) is 11.5 Å². The summed E-state index contributed by atoms with van der Waals surface area (Å²) in [6.45, 7) is 1.95. The second-order valence-electron chi connectivity index (χ2n) is 10.6. The van der Waals surface area contributed by atoms with Crippen LogP contribution in [0.25, 0.3) is 27.9 Å². The fourth-order valence-corrected chi connectivity index (χ4v) is 6.32. The van der Waals surface area contributed by atoms with Gasteiger partial charge in [0.05, 0.1) is 24.1 Å². The van der Waals surface area contributed by atoms with Crippen molar-refractivity contribution in [2.75, 3.05) is 13.7 Å². The molecule has 3 N–H and O–H groups in total. The summed E-state index contributed by atoms with van der Waals surface area (Å²) in [5, 5.41) is 16.4. The molecule has 2 heterocycles. The summed E-state index contributed by atoms with van der Waals surface area (Å²) in [5.74, 6) is 0.0666. The topological polar surface area (TPSA) is 96.3 Å². The van der Waals surface area contributed by atoms with E-state index in [4.69, 9.17) is 4.74 Å². The van der Waals surface area contributed by atoms with Gasteiger partial charge in [-0.2, -0.15) is 0 Å². The Kier molecular flexibility index (Phi) is 6.87. The van der Waals surface area contributed by atoms with E-state index in [0.29, 0.717) is 29.4 Å². The third-order valence-corrected chi connectivity index (χ3v) is 8.21. The number of ether oxygens (including phenoxy) is 1. The lowest BCUT2D eigenvalue weighted by molar-refractivity contribution is -0.118. The zero-order valence-electron chi connectivity index (χ0n) is 23.5. The lowest BCUT2D eigenvalue weighted by atomic mass is 9.79. The van der Waals surface area contributed by atoms with Gasteiger partial charge < -0.3 is 24.7 Å². The van der Waals surface area contributed by atoms with Crippen LogP contribution in [0.1, 0.15) is 52.8 Å². The van der Waals surface area contributed by atoms with Crippen LogP contribution in [-0.2, 0) is 24.7 Å². The Bertz CT molecular complexity index is 1900. The smallest absolute Gasteiger partial charge is 0.258 e. The molecule has 1 aliphatic rings. The Morgan fingerprint density at radius 2 is 1.85 bits per heavy atom. The number of para-hydroxylation sites is 2. The van der Waals surface area contributed by atoms with Gasteiger partial charge >= 0.3 is 0 Å². The zero-order valence-corrected chi connectivity index (χ0v) is 23.5. The molecule has 0 spiro atoms. The van der Waals surface area contributed by atoms with Crippen molar-refractivity contribution in [3.63, 3.8) is 0 Å². The number of nitrogens with one attached hydrogen (secondary N) is 2. The van der Waals surface area contributed by atoms with Crippen LogP contribution in [0.3, 0.4) is 0 Å². The quantitative estimate of drug-likeness (QED) is 0.249. The van der Waals surface area contributed by atoms with Crippen molar-refractivity contribution in [2.45, 2.75) is 32.1 Å². The Labute approximate surface area is 238 Å². The Morgan fingerprint density at radius 1 is 1.10 bits per heavy atom. The maximum absolute atomic E-state index is 14.2. The van der Waals surface area contributed by atoms with E-state index in [1.165, 1.54) is 6.92 Å². The maximum atomic E-state index is 14.2. The summed E-state index contributed by atoms with van der Waals surface area (Å²) in [7, 11) is 3.41. The van der Waals surface area contributed by atoms with Crippen LogP contribution in [0, 0.1) is 0 Å². The lowest BCUT2D eigenvalue weighted by Gasteiger charge is -2.26. The molecule has 1 atom stereocenters. The van der Waals surface area contributed by atoms with Crippen molar-refractivity contribution in [3.8, 4) is 11.5 Å². The standard InChI is InChI=1S/C34H33N3O4/c1-20(38)35-19-18-25-22-11-6-8-14-27(22)36-32(25)30(24-16-17-29(41-3)23-12-5-4-10-21(23)24)31-33(39)26-13-7-9-15-28(26)37(2)34(31)40/h5-9,11-17,30,36,39H,4,10,18-19H2,1-3H3,(H,35,38). The molecule has 7 nitrogen and oxygen atoms in total. The highest BCUT2D eigenvalue weighted by molar-refractivity contribution is 5.89. The summed E-state index contributed by atoms with van der Waals surface area (Å²) in [6.07, 6.45) is 6.43. The molecule has 5 aromatic rings. The molecule has 0 bridgehead atoms. The highest BCUT2D eigenvalue weighted by atomic mass is 16.5. The summed E-state index contributed by atoms with van der Waals surface area (Å²) in [4.78, 5) is 29.6. The molecule has 0 radical (unpaired) electrons. The molecule has 208 valence electrons. The minimum atomic E-state index is -0.593. The van der Waals surface area contributed by atoms with Gasteiger partial charge in [-0.3, -0.25) is 9.59 Å². The molecule has 41 heavy (non-hydrogen) atoms. The van der Waals surface area contributed by atoms with Crippen molar-refractivity contribution < 1.29 is 14.6 Å². The Morgan fingerprint density at radius 3 is 2.63 bits per heavy atom. The van der Waals surface area contributed by atoms with Crippen LogP contribution >= 0.6 is 0 Å². The Hall–Kier alpha value is -4.78. The number of amides is 1. The number of fused-ring (bicyclic) bond motifs is 3. The van der Waals surface area contributed by atoms with Crippen molar-refractivity contribution >= 4 is 33.8 Å². The molecule has 1 amide bonds. The second kappa shape index (κ2) is 10.7. The fourth-order valence-electron chi connectivity index (χ4n) is 6.32. The molecule has 6 rings (SSSR count). The summed E-state index contributed by atoms with van der Waals surface area (Å²) in [6, 6.07) is 19.4. The minimum Gasteiger partial charge on any atom is -0.507 e. The number of benzene rings is 3. The van der Waals surface area contributed by atoms with E-state index in [2.05, 4.69) is 28.5 Å². The average Bonchev–Trinajstić information content (AvgIpc) is 3.35. The average molecular weight is 548 g/mol. The third-order valence-electron chi connectivity index (χ3n) is 8.21. The zero-order chi connectivity index (χ0) is 28.7. The van der Waals surface area contributed by atoms with Crippen molar-refractivity contribution in [2.24, 2.45) is 7.05 Å². The summed E-state index contributed by atoms with van der Waals surface area (Å²) < 4.78 is 7.33. The van der Waals surface area contributed by atoms with Crippen LogP contribution in [0.15, 0.2) is 71.5 Å². The maximum Gasteiger partial charge on any atom is 0.258 e. The first-order valence-corrected chi connectivity index (χ1v) is 13.9. The van der Waals surface area contributed by atoms with Crippen molar-refractivity contribution in [1.29, 1.82) is 0 Å². The van der Waals surface area contributed by atoms with E-state index < -0.39 is 5.92 Å². The first kappa shape index (κ1) is 26.4. The number of nitrogens with zero attached hydrogens (tertiary/aromatic N) is 1. The predicted octanol–water partition coefficient (Wildman–Crippen LogP) is 5.55. The van der Waals surface area contributed by atoms with Crippen LogP contribution in [0.4, 0.5) is 0 Å². The molecule has 0 saturated heterocycles. The number of aromatic amines is 1. The van der Waals surface area contributed by atoms with E-state index in [0.717, 1.165) is 57.4 Å². The highest BCUT2D eigenvalue weighted by Gasteiger charge is 2.33. The van der Waals surface area contributed by atoms with E-state index in [9.17, 15) is 14.7 Å². The number of rotatable bonds is 7. The van der Waals surface area contributed by atoms with E-state index in [-0.39, 0.29) is 17.2 Å². The summed E-state index contributed by atoms with van der Waals surface area (Å²) >= 11 is 0. The number of aromatic hydroxyl groups is 1. The number of methoxy groups -OCH3 is 1. The molecule has 0 aliphatic heterocycles. The van der Waals surface area contributed by atoms with Crippen molar-refractivity contribution in [1.82, 2.24) is 14.9 Å². The number of hydrogen-bond acceptors (Lipinski definition) is 4. The van der Waals surface area contributed by atoms with Gasteiger partial charge in [0.2, 0.25) is 5.91 Å². The number of aromatic nitrogens is 2. The number of carbonyl (C=O) groups excluding carboxylic acids is 1. The number of hydrogen-bond donors (Lipinski definition) is 3. The van der Waals surface area contributed by atoms with Gasteiger partial charge in [-0.1, -0.05) is 48.6 Å². The van der Waals surface area contributed by atoms with Crippen LogP contribution in [0.2, 0.25) is 0 Å². The van der Waals surface area contributed by atoms with Gasteiger partial charge in [-0.05, 0) is 60.2 Å². The van der Waals surface area contributed by atoms with E-state index in [1.807, 2.05) is 54.6 Å². The molecular weight excluding hydrogens is 514 g/mol. The first-order chi connectivity index (χ1) is 19.9. The van der Waals surface area contributed by atoms with E-state index in [1.54, 1.807) is 18.7 Å². The van der Waals surface area contributed by atoms with Gasteiger partial charge in [0.1, 0.15) is 11.5 Å². The van der Waals surface area contributed by atoms with Crippen molar-refractivity contribution in [3.05, 3.63) is 111 Å². The van der Waals surface area contributed by atoms with Gasteiger partial charge in [-0.15, -0.1) is 0 Å². The van der Waals surface area contributed by atoms with Gasteiger partial charge in [0.15, 0.2) is 0 Å². The SMILES string of the molecule is COc1ccc(C(c2[nH]c3ccccc3c2CCNC(C)=O)c2c(O)c3ccccc3n(C)c2=O)c2c1C=CCC2. The molecule has 1 aliphatic carbocycles. The van der Waals surface area contributed by atoms with Crippen LogP contribution in [-0.4, -0.2) is 34.2 Å². The number of carbonyl (C=O) groups is 1. The largest absolute Gasteiger partial charge is 0.507 e. The summed E-state index contributed by atoms with van der Waals surface area (Å²) in [5.41, 5.74) is 6.54. The number of allylic oxidation sites excluding steroid dienone is 1. The first-order valence-electron chi connectivity index (χ1n) is 13.9. The second-order valence-corrected chi connectivity index (χ2v) is 10.6. The van der Waals surface area contributed by atoms with Gasteiger partial charge in [0.25, 0.3) is 5.56 Å². The van der Waals surface area contributed by atoms with Crippen LogP contribution < -0.4 is 15.6 Å². The molecule has 3 aromatic carbocycles. The monoisotopic (exact) mass is 547 g/mol. The molecule has 0 fully saturated rings. The number of aryl methyl sites for hydroxylation is 1. The van der Waals surface area contributed by atoms with Gasteiger partial charge in [-0.25, -0.2) is 0 Å². The minimum absolute atomic E-state index is 0.0175. The molecule has 0 saturated carbocycles. The number of pyridine rings is 1. The van der Waals surface area contributed by atoms with E-state index >= 15 is 0 Å².